The molecule has 37 heavy (non-hydrogen) atoms. The summed E-state index contributed by atoms with van der Waals surface area (Å²) in [5.74, 6) is 2.19. The Morgan fingerprint density at radius 3 is 1.78 bits per heavy atom. The summed E-state index contributed by atoms with van der Waals surface area (Å²) in [4.78, 5) is 8.81. The van der Waals surface area contributed by atoms with Gasteiger partial charge in [0.1, 0.15) is 12.0 Å². The third kappa shape index (κ3) is 8.04. The van der Waals surface area contributed by atoms with E-state index in [-0.39, 0.29) is 5.75 Å². The number of nitrogens with one attached hydrogen (secondary N) is 3. The number of phenols is 1. The number of hydrogen-bond donors (Lipinski definition) is 4. The lowest BCUT2D eigenvalue weighted by Crippen LogP contribution is -2.19. The number of aromatic hydroxyl groups is 1. The maximum atomic E-state index is 9.71. The predicted octanol–water partition coefficient (Wildman–Crippen LogP) is 5.82. The Morgan fingerprint density at radius 2 is 1.32 bits per heavy atom. The molecule has 3 aromatic rings. The Hall–Kier alpha value is -3.41. The molecule has 2 fully saturated rings. The molecule has 0 aliphatic carbocycles. The summed E-state index contributed by atoms with van der Waals surface area (Å²) in [5.41, 5.74) is 7.19. The van der Waals surface area contributed by atoms with Crippen molar-refractivity contribution in [3.05, 3.63) is 95.6 Å². The Balaban J connectivity index is 0.000000284. The van der Waals surface area contributed by atoms with Crippen LogP contribution in [0.5, 0.6) is 5.75 Å². The summed E-state index contributed by atoms with van der Waals surface area (Å²) >= 11 is 0. The molecule has 0 saturated carbocycles. The predicted molar refractivity (Wildman–Crippen MR) is 156 cm³/mol. The van der Waals surface area contributed by atoms with E-state index >= 15 is 0 Å². The number of carbonyl (C=O) groups is 1. The lowest BCUT2D eigenvalue weighted by atomic mass is 9.87. The summed E-state index contributed by atoms with van der Waals surface area (Å²) in [6.45, 7) is 8.64. The molecule has 5 nitrogen and oxygen atoms in total. The van der Waals surface area contributed by atoms with Crippen LogP contribution in [0.2, 0.25) is 0 Å². The van der Waals surface area contributed by atoms with Gasteiger partial charge in [0.05, 0.1) is 0 Å². The van der Waals surface area contributed by atoms with Gasteiger partial charge in [0.15, 0.2) is 0 Å². The highest BCUT2D eigenvalue weighted by molar-refractivity contribution is 5.98. The molecule has 196 valence electrons. The van der Waals surface area contributed by atoms with Crippen LogP contribution in [-0.2, 0) is 4.79 Å². The van der Waals surface area contributed by atoms with Crippen molar-refractivity contribution in [2.75, 3.05) is 38.5 Å². The maximum Gasteiger partial charge on any atom is 0.116 e. The molecule has 0 spiro atoms. The highest BCUT2D eigenvalue weighted by atomic mass is 16.3. The van der Waals surface area contributed by atoms with Crippen LogP contribution < -0.4 is 16.0 Å². The number of rotatable bonds is 6. The molecule has 5 heteroatoms. The molecule has 2 aliphatic rings. The van der Waals surface area contributed by atoms with Crippen molar-refractivity contribution in [2.45, 2.75) is 26.7 Å². The lowest BCUT2D eigenvalue weighted by molar-refractivity contribution is -0.106. The summed E-state index contributed by atoms with van der Waals surface area (Å²) in [6, 6.07) is 26.6. The second-order valence-corrected chi connectivity index (χ2v) is 9.42. The molecule has 0 aromatic heterocycles. The molecule has 2 saturated heterocycles. The number of hydrogen-bond acceptors (Lipinski definition) is 5. The molecule has 4 N–H and O–H groups in total. The summed E-state index contributed by atoms with van der Waals surface area (Å²) in [7, 11) is 1.93. The van der Waals surface area contributed by atoms with Crippen molar-refractivity contribution in [1.29, 1.82) is 0 Å². The molecule has 2 aliphatic heterocycles. The van der Waals surface area contributed by atoms with E-state index in [0.29, 0.717) is 0 Å². The van der Waals surface area contributed by atoms with E-state index in [9.17, 15) is 5.11 Å². The van der Waals surface area contributed by atoms with E-state index in [1.807, 2.05) is 19.2 Å². The molecular weight excluding hydrogens is 458 g/mol. The van der Waals surface area contributed by atoms with Gasteiger partial charge in [0.25, 0.3) is 0 Å². The van der Waals surface area contributed by atoms with Crippen LogP contribution in [0.4, 0.5) is 5.69 Å². The largest absolute Gasteiger partial charge is 0.508 e. The number of benzene rings is 3. The average molecular weight is 500 g/mol. The first-order chi connectivity index (χ1) is 18.1. The van der Waals surface area contributed by atoms with E-state index in [4.69, 9.17) is 4.79 Å². The van der Waals surface area contributed by atoms with Gasteiger partial charge in [-0.25, -0.2) is 0 Å². The highest BCUT2D eigenvalue weighted by Gasteiger charge is 2.30. The van der Waals surface area contributed by atoms with Gasteiger partial charge in [-0.05, 0) is 103 Å². The zero-order valence-corrected chi connectivity index (χ0v) is 22.3. The minimum absolute atomic E-state index is 0.287. The molecule has 0 amide bonds. The van der Waals surface area contributed by atoms with Crippen LogP contribution in [0.1, 0.15) is 43.4 Å². The van der Waals surface area contributed by atoms with Gasteiger partial charge in [-0.1, -0.05) is 67.9 Å². The fraction of sp³-hybridized carbons (Fsp3) is 0.344. The van der Waals surface area contributed by atoms with Gasteiger partial charge in [-0.2, -0.15) is 0 Å². The van der Waals surface area contributed by atoms with Crippen LogP contribution in [0, 0.1) is 11.8 Å². The fourth-order valence-corrected chi connectivity index (χ4v) is 4.97. The van der Waals surface area contributed by atoms with Crippen molar-refractivity contribution in [2.24, 2.45) is 11.8 Å². The number of carbonyl (C=O) groups excluding carboxylic acids is 1. The quantitative estimate of drug-likeness (QED) is 0.254. The number of fused-ring (bicyclic) bond motifs is 1. The second kappa shape index (κ2) is 15.0. The molecule has 0 bridgehead atoms. The lowest BCUT2D eigenvalue weighted by Gasteiger charge is -2.17. The van der Waals surface area contributed by atoms with Crippen LogP contribution in [-0.4, -0.2) is 44.6 Å². The fourth-order valence-electron chi connectivity index (χ4n) is 4.97. The Kier molecular flexibility index (Phi) is 11.4. The standard InChI is InChI=1S/C24H25NO.C6H12N2.C2H4O/c1-3-7-23(18-8-5-4-6-9-18)24(20-12-16-22(26)17-13-20)19-10-14-21(25-2)15-11-19;1-5-2-8-4-6(5)3-7-1;1-2-3/h4-6,8-17,25-26H,3,7H2,1-2H3;5-8H,1-4H2;2H,1H3/b24-23+;;. The average Bonchev–Trinajstić information content (AvgIpc) is 3.57. The van der Waals surface area contributed by atoms with Crippen LogP contribution >= 0.6 is 0 Å². The van der Waals surface area contributed by atoms with Crippen molar-refractivity contribution < 1.29 is 9.90 Å². The van der Waals surface area contributed by atoms with Gasteiger partial charge in [0.2, 0.25) is 0 Å². The SMILES string of the molecule is C1NCC2CNCC12.CC=O.CCC/C(=C(\c1ccc(O)cc1)c1ccc(NC)cc1)c1ccccc1. The zero-order valence-electron chi connectivity index (χ0n) is 22.3. The van der Waals surface area contributed by atoms with E-state index in [1.165, 1.54) is 55.4 Å². The smallest absolute Gasteiger partial charge is 0.116 e. The second-order valence-electron chi connectivity index (χ2n) is 9.42. The summed E-state index contributed by atoms with van der Waals surface area (Å²) in [5, 5.41) is 19.7. The molecule has 0 atom stereocenters. The Bertz CT molecular complexity index is 1090. The maximum absolute atomic E-state index is 9.71. The van der Waals surface area contributed by atoms with Crippen molar-refractivity contribution in [3.63, 3.8) is 0 Å². The Morgan fingerprint density at radius 1 is 0.838 bits per heavy atom. The summed E-state index contributed by atoms with van der Waals surface area (Å²) in [6.07, 6.45) is 2.81. The number of aldehydes is 1. The van der Waals surface area contributed by atoms with E-state index in [0.717, 1.165) is 42.2 Å². The topological polar surface area (TPSA) is 73.4 Å². The minimum atomic E-state index is 0.287. The van der Waals surface area contributed by atoms with Gasteiger partial charge in [0, 0.05) is 12.7 Å². The minimum Gasteiger partial charge on any atom is -0.508 e. The third-order valence-corrected chi connectivity index (χ3v) is 6.84. The normalized spacial score (nSPS) is 18.4. The molecular formula is C32H41N3O2. The first-order valence-corrected chi connectivity index (χ1v) is 13.3. The molecule has 2 heterocycles. The molecule has 5 rings (SSSR count). The van der Waals surface area contributed by atoms with Crippen LogP contribution in [0.3, 0.4) is 0 Å². The van der Waals surface area contributed by atoms with Crippen LogP contribution in [0.15, 0.2) is 78.9 Å². The molecule has 3 aromatic carbocycles. The van der Waals surface area contributed by atoms with Gasteiger partial charge >= 0.3 is 0 Å². The number of anilines is 1. The number of phenolic OH excluding ortho intramolecular Hbond substituents is 1. The van der Waals surface area contributed by atoms with Crippen molar-refractivity contribution in [3.8, 4) is 5.75 Å². The molecule has 0 unspecified atom stereocenters. The molecule has 0 radical (unpaired) electrons. The summed E-state index contributed by atoms with van der Waals surface area (Å²) < 4.78 is 0. The van der Waals surface area contributed by atoms with E-state index in [1.54, 1.807) is 12.1 Å². The first-order valence-electron chi connectivity index (χ1n) is 13.3. The van der Waals surface area contributed by atoms with Gasteiger partial charge in [-0.15, -0.1) is 0 Å². The third-order valence-electron chi connectivity index (χ3n) is 6.84. The van der Waals surface area contributed by atoms with Crippen LogP contribution in [0.25, 0.3) is 11.1 Å². The Labute approximate surface area is 222 Å². The number of allylic oxidation sites excluding steroid dienone is 1. The van der Waals surface area contributed by atoms with Crippen molar-refractivity contribution in [1.82, 2.24) is 10.6 Å². The van der Waals surface area contributed by atoms with Crippen molar-refractivity contribution >= 4 is 23.1 Å². The highest BCUT2D eigenvalue weighted by Crippen LogP contribution is 2.36. The van der Waals surface area contributed by atoms with Gasteiger partial charge in [-0.3, -0.25) is 0 Å². The van der Waals surface area contributed by atoms with Gasteiger partial charge < -0.3 is 25.9 Å². The van der Waals surface area contributed by atoms with E-state index in [2.05, 4.69) is 77.5 Å². The monoisotopic (exact) mass is 499 g/mol. The first kappa shape index (κ1) is 28.2. The zero-order chi connectivity index (χ0) is 26.5. The van der Waals surface area contributed by atoms with E-state index < -0.39 is 0 Å².